The van der Waals surface area contributed by atoms with Crippen LogP contribution in [0.1, 0.15) is 38.3 Å². The second-order valence-corrected chi connectivity index (χ2v) is 6.39. The summed E-state index contributed by atoms with van der Waals surface area (Å²) in [6.07, 6.45) is 7.06. The fraction of sp³-hybridized carbons (Fsp3) is 0.600. The van der Waals surface area contributed by atoms with Crippen molar-refractivity contribution in [3.8, 4) is 0 Å². The third-order valence-electron chi connectivity index (χ3n) is 4.44. The van der Waals surface area contributed by atoms with Crippen LogP contribution in [0.3, 0.4) is 0 Å². The van der Waals surface area contributed by atoms with Crippen molar-refractivity contribution in [1.82, 2.24) is 15.1 Å². The molecule has 0 spiro atoms. The predicted octanol–water partition coefficient (Wildman–Crippen LogP) is 2.06. The van der Waals surface area contributed by atoms with Crippen molar-refractivity contribution in [2.75, 3.05) is 13.1 Å². The van der Waals surface area contributed by atoms with Crippen molar-refractivity contribution in [2.45, 2.75) is 32.6 Å². The fourth-order valence-electron chi connectivity index (χ4n) is 3.19. The van der Waals surface area contributed by atoms with E-state index in [1.165, 1.54) is 25.7 Å². The average molecular weight is 359 g/mol. The van der Waals surface area contributed by atoms with Crippen LogP contribution >= 0.6 is 0 Å². The predicted molar refractivity (Wildman–Crippen MR) is 88.4 cm³/mol. The number of thiol groups is 1. The molecule has 1 aromatic heterocycles. The van der Waals surface area contributed by atoms with E-state index in [2.05, 4.69) is 37.8 Å². The molecular weight excluding hydrogens is 338 g/mol. The number of hydrogen-bond donors (Lipinski definition) is 0. The van der Waals surface area contributed by atoms with Crippen molar-refractivity contribution in [3.05, 3.63) is 29.4 Å². The molecule has 0 aromatic carbocycles. The summed E-state index contributed by atoms with van der Waals surface area (Å²) in [5, 5.41) is 12.9. The van der Waals surface area contributed by atoms with Gasteiger partial charge < -0.3 is 10.5 Å². The Bertz CT molecular complexity index is 514. The Morgan fingerprint density at radius 3 is 2.45 bits per heavy atom. The average Bonchev–Trinajstić information content (AvgIpc) is 2.87. The molecule has 22 heavy (non-hydrogen) atoms. The SMILES string of the molecule is CC(=N[N-]C(=[SH+])N1CC2CCC(CC2)C1)c1cccnn1.[Fe]. The minimum Gasteiger partial charge on any atom is -0.515 e. The molecule has 7 heteroatoms. The van der Waals surface area contributed by atoms with Gasteiger partial charge in [-0.25, -0.2) is 4.90 Å². The number of aromatic nitrogens is 2. The van der Waals surface area contributed by atoms with E-state index in [0.717, 1.165) is 41.4 Å². The molecule has 0 N–H and O–H groups in total. The summed E-state index contributed by atoms with van der Waals surface area (Å²) in [6.45, 7) is 4.03. The summed E-state index contributed by atoms with van der Waals surface area (Å²) < 4.78 is 0. The summed E-state index contributed by atoms with van der Waals surface area (Å²) in [7, 11) is 0. The Morgan fingerprint density at radius 1 is 1.27 bits per heavy atom. The van der Waals surface area contributed by atoms with Crippen LogP contribution in [0, 0.1) is 11.8 Å². The van der Waals surface area contributed by atoms with Crippen LogP contribution in [0.25, 0.3) is 5.43 Å². The molecule has 4 rings (SSSR count). The molecule has 2 bridgehead atoms. The van der Waals surface area contributed by atoms with Gasteiger partial charge in [0.15, 0.2) is 17.3 Å². The first-order chi connectivity index (χ1) is 10.2. The molecule has 1 aliphatic carbocycles. The van der Waals surface area contributed by atoms with E-state index < -0.39 is 0 Å². The first-order valence-corrected chi connectivity index (χ1v) is 8.01. The third-order valence-corrected chi connectivity index (χ3v) is 4.81. The smallest absolute Gasteiger partial charge is 0.189 e. The van der Waals surface area contributed by atoms with Gasteiger partial charge >= 0.3 is 0 Å². The minimum atomic E-state index is 0. The van der Waals surface area contributed by atoms with Gasteiger partial charge in [-0.3, -0.25) is 0 Å². The Balaban J connectivity index is 0.00000176. The van der Waals surface area contributed by atoms with E-state index in [4.69, 9.17) is 0 Å². The summed E-state index contributed by atoms with van der Waals surface area (Å²) in [5.74, 6) is 1.59. The number of nitrogens with zero attached hydrogens (tertiary/aromatic N) is 5. The molecule has 1 saturated carbocycles. The van der Waals surface area contributed by atoms with Crippen LogP contribution in [0.15, 0.2) is 23.4 Å². The van der Waals surface area contributed by atoms with Gasteiger partial charge in [-0.2, -0.15) is 5.10 Å². The molecule has 2 aliphatic heterocycles. The quantitative estimate of drug-likeness (QED) is 0.203. The van der Waals surface area contributed by atoms with Gasteiger partial charge in [-0.1, -0.05) is 0 Å². The zero-order valence-electron chi connectivity index (χ0n) is 12.7. The minimum absolute atomic E-state index is 0. The van der Waals surface area contributed by atoms with Crippen molar-refractivity contribution in [2.24, 2.45) is 16.9 Å². The van der Waals surface area contributed by atoms with Crippen LogP contribution in [-0.2, 0) is 29.3 Å². The maximum atomic E-state index is 4.55. The van der Waals surface area contributed by atoms with Crippen molar-refractivity contribution >= 4 is 23.0 Å². The van der Waals surface area contributed by atoms with E-state index in [-0.39, 0.29) is 17.1 Å². The van der Waals surface area contributed by atoms with Crippen LogP contribution < -0.4 is 0 Å². The van der Waals surface area contributed by atoms with Crippen molar-refractivity contribution < 1.29 is 17.1 Å². The molecule has 2 saturated heterocycles. The molecule has 0 amide bonds. The van der Waals surface area contributed by atoms with E-state index in [1.807, 2.05) is 19.1 Å². The Labute approximate surface area is 147 Å². The summed E-state index contributed by atoms with van der Waals surface area (Å²) >= 11 is 4.55. The molecule has 3 aliphatic rings. The molecule has 1 aromatic rings. The molecule has 3 heterocycles. The van der Waals surface area contributed by atoms with E-state index in [9.17, 15) is 0 Å². The molecule has 5 nitrogen and oxygen atoms in total. The van der Waals surface area contributed by atoms with Crippen molar-refractivity contribution in [3.63, 3.8) is 0 Å². The van der Waals surface area contributed by atoms with E-state index >= 15 is 0 Å². The molecule has 0 unspecified atom stereocenters. The monoisotopic (exact) mass is 359 g/mol. The summed E-state index contributed by atoms with van der Waals surface area (Å²) in [4.78, 5) is 2.28. The number of fused-ring (bicyclic) bond motifs is 4. The topological polar surface area (TPSA) is 55.5 Å². The van der Waals surface area contributed by atoms with Gasteiger partial charge in [0.05, 0.1) is 0 Å². The standard InChI is InChI=1S/C15H21N5S.Fe/c1-11(14-3-2-8-16-18-14)17-19-15(21)20-9-12-4-5-13(10-20)7-6-12;/h2-3,8,12-13H,4-7,9-10H2,1H3,(H,18,19,21);. The summed E-state index contributed by atoms with van der Waals surface area (Å²) in [5.41, 5.74) is 5.79. The second-order valence-electron chi connectivity index (χ2n) is 5.99. The van der Waals surface area contributed by atoms with Crippen LogP contribution in [0.5, 0.6) is 0 Å². The molecular formula is C15H21FeN5S. The van der Waals surface area contributed by atoms with Crippen LogP contribution in [-0.4, -0.2) is 39.0 Å². The Hall–Kier alpha value is -0.881. The van der Waals surface area contributed by atoms with Gasteiger partial charge in [-0.05, 0) is 56.6 Å². The number of rotatable bonds is 2. The maximum Gasteiger partial charge on any atom is 0.189 e. The zero-order chi connectivity index (χ0) is 14.7. The first kappa shape index (κ1) is 17.5. The molecule has 120 valence electrons. The van der Waals surface area contributed by atoms with Gasteiger partial charge in [-0.15, -0.1) is 5.10 Å². The molecule has 0 atom stereocenters. The zero-order valence-corrected chi connectivity index (χ0v) is 14.7. The Kier molecular flexibility index (Phi) is 6.44. The van der Waals surface area contributed by atoms with Gasteiger partial charge in [0.2, 0.25) is 0 Å². The maximum absolute atomic E-state index is 4.55. The second kappa shape index (κ2) is 8.11. The first-order valence-electron chi connectivity index (χ1n) is 7.56. The largest absolute Gasteiger partial charge is 0.515 e. The summed E-state index contributed by atoms with van der Waals surface area (Å²) in [6, 6.07) is 3.73. The molecule has 0 radical (unpaired) electrons. The third kappa shape index (κ3) is 4.32. The van der Waals surface area contributed by atoms with Gasteiger partial charge in [0.25, 0.3) is 0 Å². The normalized spacial score (nSPS) is 25.2. The van der Waals surface area contributed by atoms with Gasteiger partial charge in [0.1, 0.15) is 5.69 Å². The van der Waals surface area contributed by atoms with Crippen LogP contribution in [0.2, 0.25) is 0 Å². The van der Waals surface area contributed by atoms with Gasteiger partial charge in [0, 0.05) is 42.1 Å². The molecule has 3 fully saturated rings. The number of hydrogen-bond acceptors (Lipinski definition) is 3. The van der Waals surface area contributed by atoms with Crippen LogP contribution in [0.4, 0.5) is 0 Å². The van der Waals surface area contributed by atoms with E-state index in [0.29, 0.717) is 0 Å². The Morgan fingerprint density at radius 2 is 1.91 bits per heavy atom. The van der Waals surface area contributed by atoms with Crippen molar-refractivity contribution in [1.29, 1.82) is 0 Å². The fourth-order valence-corrected chi connectivity index (χ4v) is 3.39. The van der Waals surface area contributed by atoms with E-state index in [1.54, 1.807) is 6.20 Å².